The minimum Gasteiger partial charge on any atom is -0.406 e. The third-order valence-electron chi connectivity index (χ3n) is 1.52. The van der Waals surface area contributed by atoms with E-state index in [1.54, 1.807) is 0 Å². The topological polar surface area (TPSA) is 9.23 Å². The summed E-state index contributed by atoms with van der Waals surface area (Å²) < 4.78 is 51.7. The lowest BCUT2D eigenvalue weighted by atomic mass is 10.1. The van der Waals surface area contributed by atoms with E-state index in [0.717, 1.165) is 18.2 Å². The number of halogens is 4. The Bertz CT molecular complexity index is 319. The van der Waals surface area contributed by atoms with Crippen LogP contribution in [0.4, 0.5) is 17.6 Å². The molecule has 77 valence electrons. The molecule has 1 nitrogen and oxygen atoms in total. The summed E-state index contributed by atoms with van der Waals surface area (Å²) >= 11 is 0. The maximum atomic E-state index is 12.8. The number of ether oxygens (including phenoxy) is 1. The Hall–Kier alpha value is -1.26. The zero-order valence-corrected chi connectivity index (χ0v) is 7.07. The Morgan fingerprint density at radius 1 is 1.29 bits per heavy atom. The van der Waals surface area contributed by atoms with Gasteiger partial charge in [0.1, 0.15) is 11.6 Å². The molecule has 14 heavy (non-hydrogen) atoms. The summed E-state index contributed by atoms with van der Waals surface area (Å²) in [5.74, 6) is -1.02. The number of benzene rings is 1. The van der Waals surface area contributed by atoms with E-state index in [1.807, 2.05) is 0 Å². The number of hydrogen-bond donors (Lipinski definition) is 0. The summed E-state index contributed by atoms with van der Waals surface area (Å²) in [7, 11) is 0. The summed E-state index contributed by atoms with van der Waals surface area (Å²) in [6.45, 7) is 3.38. The molecular weight excluding hydrogens is 200 g/mol. The van der Waals surface area contributed by atoms with Crippen molar-refractivity contribution in [1.29, 1.82) is 0 Å². The predicted molar refractivity (Wildman–Crippen MR) is 42.1 cm³/mol. The third kappa shape index (κ3) is 2.90. The zero-order chi connectivity index (χ0) is 10.8. The molecule has 1 rings (SSSR count). The summed E-state index contributed by atoms with van der Waals surface area (Å²) in [6.07, 6.45) is -4.68. The SMILES string of the molecule is [CH2]Cc1cc(OC(F)(F)F)ccc1F. The van der Waals surface area contributed by atoms with Gasteiger partial charge in [-0.05, 0) is 37.1 Å². The number of hydrogen-bond acceptors (Lipinski definition) is 1. The molecule has 0 aromatic heterocycles. The first-order valence-corrected chi connectivity index (χ1v) is 3.76. The average Bonchev–Trinajstić information content (AvgIpc) is 2.06. The maximum Gasteiger partial charge on any atom is 0.573 e. The van der Waals surface area contributed by atoms with Gasteiger partial charge in [0.25, 0.3) is 0 Å². The van der Waals surface area contributed by atoms with Crippen molar-refractivity contribution in [3.8, 4) is 5.75 Å². The Kier molecular flexibility index (Phi) is 2.98. The Morgan fingerprint density at radius 2 is 1.93 bits per heavy atom. The fraction of sp³-hybridized carbons (Fsp3) is 0.222. The molecule has 0 aliphatic heterocycles. The summed E-state index contributed by atoms with van der Waals surface area (Å²) in [4.78, 5) is 0. The van der Waals surface area contributed by atoms with Gasteiger partial charge in [0.2, 0.25) is 0 Å². The van der Waals surface area contributed by atoms with Gasteiger partial charge in [-0.15, -0.1) is 13.2 Å². The predicted octanol–water partition coefficient (Wildman–Crippen LogP) is 3.10. The Labute approximate surface area is 78.3 Å². The molecule has 0 aliphatic rings. The smallest absolute Gasteiger partial charge is 0.406 e. The minimum absolute atomic E-state index is 0.0703. The molecule has 0 unspecified atom stereocenters. The molecule has 0 saturated heterocycles. The standard InChI is InChI=1S/C9H7F4O/c1-2-6-5-7(3-4-8(6)10)14-9(11,12)13/h3-5H,1-2H2. The van der Waals surface area contributed by atoms with E-state index in [4.69, 9.17) is 0 Å². The van der Waals surface area contributed by atoms with Crippen LogP contribution in [0.2, 0.25) is 0 Å². The van der Waals surface area contributed by atoms with E-state index >= 15 is 0 Å². The molecule has 5 heteroatoms. The summed E-state index contributed by atoms with van der Waals surface area (Å²) in [6, 6.07) is 2.82. The molecule has 0 atom stereocenters. The fourth-order valence-electron chi connectivity index (χ4n) is 0.940. The van der Waals surface area contributed by atoms with Crippen molar-refractivity contribution >= 4 is 0 Å². The molecule has 1 aromatic rings. The van der Waals surface area contributed by atoms with Gasteiger partial charge in [0.05, 0.1) is 0 Å². The van der Waals surface area contributed by atoms with Crippen LogP contribution in [0.5, 0.6) is 5.75 Å². The van der Waals surface area contributed by atoms with Crippen LogP contribution in [0, 0.1) is 12.7 Å². The van der Waals surface area contributed by atoms with Crippen LogP contribution in [0.15, 0.2) is 18.2 Å². The van der Waals surface area contributed by atoms with Gasteiger partial charge >= 0.3 is 6.36 Å². The third-order valence-corrected chi connectivity index (χ3v) is 1.52. The quantitative estimate of drug-likeness (QED) is 0.677. The van der Waals surface area contributed by atoms with E-state index in [2.05, 4.69) is 11.7 Å². The highest BCUT2D eigenvalue weighted by atomic mass is 19.4. The van der Waals surface area contributed by atoms with Crippen molar-refractivity contribution < 1.29 is 22.3 Å². The molecule has 0 bridgehead atoms. The van der Waals surface area contributed by atoms with Crippen LogP contribution in [-0.4, -0.2) is 6.36 Å². The van der Waals surface area contributed by atoms with Gasteiger partial charge in [0.15, 0.2) is 0 Å². The molecule has 0 fully saturated rings. The first-order chi connectivity index (χ1) is 6.42. The summed E-state index contributed by atoms with van der Waals surface area (Å²) in [5, 5.41) is 0. The molecule has 0 aliphatic carbocycles. The lowest BCUT2D eigenvalue weighted by Gasteiger charge is -2.09. The normalized spacial score (nSPS) is 11.5. The largest absolute Gasteiger partial charge is 0.573 e. The van der Waals surface area contributed by atoms with Crippen LogP contribution in [0.1, 0.15) is 5.56 Å². The second-order valence-corrected chi connectivity index (χ2v) is 2.55. The van der Waals surface area contributed by atoms with Crippen LogP contribution in [0.3, 0.4) is 0 Å². The molecule has 0 heterocycles. The molecular formula is C9H7F4O. The number of alkyl halides is 3. The van der Waals surface area contributed by atoms with Gasteiger partial charge in [-0.25, -0.2) is 4.39 Å². The average molecular weight is 207 g/mol. The van der Waals surface area contributed by atoms with Crippen molar-refractivity contribution in [2.24, 2.45) is 0 Å². The van der Waals surface area contributed by atoms with Crippen molar-refractivity contribution in [2.75, 3.05) is 0 Å². The second kappa shape index (κ2) is 3.86. The van der Waals surface area contributed by atoms with Crippen LogP contribution < -0.4 is 4.74 Å². The van der Waals surface area contributed by atoms with E-state index in [-0.39, 0.29) is 12.0 Å². The van der Waals surface area contributed by atoms with E-state index in [0.29, 0.717) is 0 Å². The highest BCUT2D eigenvalue weighted by Crippen LogP contribution is 2.24. The van der Waals surface area contributed by atoms with Crippen LogP contribution in [-0.2, 0) is 6.42 Å². The number of rotatable bonds is 2. The first kappa shape index (κ1) is 10.8. The summed E-state index contributed by atoms with van der Waals surface area (Å²) in [5.41, 5.74) is 0.0896. The van der Waals surface area contributed by atoms with E-state index < -0.39 is 17.9 Å². The molecule has 1 radical (unpaired) electrons. The van der Waals surface area contributed by atoms with Crippen molar-refractivity contribution in [1.82, 2.24) is 0 Å². The van der Waals surface area contributed by atoms with Crippen molar-refractivity contribution in [3.63, 3.8) is 0 Å². The van der Waals surface area contributed by atoms with Crippen LogP contribution in [0.25, 0.3) is 0 Å². The lowest BCUT2D eigenvalue weighted by molar-refractivity contribution is -0.274. The minimum atomic E-state index is -4.75. The Morgan fingerprint density at radius 3 is 2.43 bits per heavy atom. The molecule has 0 spiro atoms. The molecule has 1 aromatic carbocycles. The molecule has 0 saturated carbocycles. The maximum absolute atomic E-state index is 12.8. The molecule has 0 amide bonds. The van der Waals surface area contributed by atoms with Gasteiger partial charge in [0, 0.05) is 0 Å². The highest BCUT2D eigenvalue weighted by Gasteiger charge is 2.31. The van der Waals surface area contributed by atoms with Gasteiger partial charge in [-0.1, -0.05) is 0 Å². The second-order valence-electron chi connectivity index (χ2n) is 2.55. The molecule has 0 N–H and O–H groups in total. The van der Waals surface area contributed by atoms with Gasteiger partial charge in [-0.2, -0.15) is 0 Å². The first-order valence-electron chi connectivity index (χ1n) is 3.76. The zero-order valence-electron chi connectivity index (χ0n) is 7.07. The van der Waals surface area contributed by atoms with E-state index in [9.17, 15) is 17.6 Å². The van der Waals surface area contributed by atoms with Crippen molar-refractivity contribution in [2.45, 2.75) is 12.8 Å². The van der Waals surface area contributed by atoms with Gasteiger partial charge < -0.3 is 4.74 Å². The fourth-order valence-corrected chi connectivity index (χ4v) is 0.940. The van der Waals surface area contributed by atoms with Crippen molar-refractivity contribution in [3.05, 3.63) is 36.5 Å². The monoisotopic (exact) mass is 207 g/mol. The highest BCUT2D eigenvalue weighted by molar-refractivity contribution is 5.30. The van der Waals surface area contributed by atoms with E-state index in [1.165, 1.54) is 0 Å². The lowest BCUT2D eigenvalue weighted by Crippen LogP contribution is -2.17. The van der Waals surface area contributed by atoms with Crippen LogP contribution >= 0.6 is 0 Å². The van der Waals surface area contributed by atoms with Gasteiger partial charge in [-0.3, -0.25) is 0 Å². The Balaban J connectivity index is 2.90.